The van der Waals surface area contributed by atoms with E-state index in [-0.39, 0.29) is 5.88 Å². The Bertz CT molecular complexity index is 1240. The zero-order valence-corrected chi connectivity index (χ0v) is 16.3. The van der Waals surface area contributed by atoms with Crippen LogP contribution in [0.3, 0.4) is 0 Å². The van der Waals surface area contributed by atoms with Gasteiger partial charge < -0.3 is 13.8 Å². The highest BCUT2D eigenvalue weighted by Crippen LogP contribution is 2.40. The minimum atomic E-state index is 0.252. The van der Waals surface area contributed by atoms with Crippen LogP contribution in [0.1, 0.15) is 36.1 Å². The van der Waals surface area contributed by atoms with Crippen molar-refractivity contribution in [2.75, 3.05) is 7.11 Å². The second-order valence-electron chi connectivity index (χ2n) is 7.18. The lowest BCUT2D eigenvalue weighted by molar-refractivity contribution is 0.415. The summed E-state index contributed by atoms with van der Waals surface area (Å²) >= 11 is 6.14. The minimum absolute atomic E-state index is 0.252. The lowest BCUT2D eigenvalue weighted by Gasteiger charge is -2.10. The van der Waals surface area contributed by atoms with Crippen molar-refractivity contribution < 1.29 is 9.26 Å². The van der Waals surface area contributed by atoms with Crippen molar-refractivity contribution in [2.24, 2.45) is 0 Å². The van der Waals surface area contributed by atoms with E-state index in [1.54, 1.807) is 13.4 Å². The molecule has 0 N–H and O–H groups in total. The van der Waals surface area contributed by atoms with Crippen molar-refractivity contribution in [1.82, 2.24) is 34.5 Å². The SMILES string of the molecule is COc1ccc2c(c1)-c1nnc(CCl)n1Cc1c(-c3nc(C4CC4)no3)ncn1-2. The number of hydrogen-bond donors (Lipinski definition) is 0. The Morgan fingerprint density at radius 1 is 1.28 bits per heavy atom. The predicted molar refractivity (Wildman–Crippen MR) is 103 cm³/mol. The molecule has 29 heavy (non-hydrogen) atoms. The van der Waals surface area contributed by atoms with E-state index >= 15 is 0 Å². The molecule has 0 unspecified atom stereocenters. The van der Waals surface area contributed by atoms with Crippen LogP contribution in [0, 0.1) is 0 Å². The molecule has 1 fully saturated rings. The Morgan fingerprint density at radius 2 is 2.17 bits per heavy atom. The Balaban J connectivity index is 1.57. The van der Waals surface area contributed by atoms with Crippen LogP contribution in [0.5, 0.6) is 5.75 Å². The van der Waals surface area contributed by atoms with E-state index < -0.39 is 0 Å². The molecule has 2 aliphatic rings. The van der Waals surface area contributed by atoms with Crippen molar-refractivity contribution in [3.05, 3.63) is 41.9 Å². The summed E-state index contributed by atoms with van der Waals surface area (Å²) in [7, 11) is 1.64. The molecule has 0 spiro atoms. The van der Waals surface area contributed by atoms with Crippen LogP contribution in [0.25, 0.3) is 28.7 Å². The van der Waals surface area contributed by atoms with Gasteiger partial charge in [0.25, 0.3) is 5.89 Å². The highest BCUT2D eigenvalue weighted by atomic mass is 35.5. The molecule has 0 bridgehead atoms. The third-order valence-electron chi connectivity index (χ3n) is 5.41. The van der Waals surface area contributed by atoms with Crippen LogP contribution >= 0.6 is 11.6 Å². The van der Waals surface area contributed by atoms with Gasteiger partial charge >= 0.3 is 0 Å². The molecule has 10 heteroatoms. The van der Waals surface area contributed by atoms with Crippen LogP contribution in [-0.2, 0) is 12.4 Å². The van der Waals surface area contributed by atoms with Crippen molar-refractivity contribution in [1.29, 1.82) is 0 Å². The van der Waals surface area contributed by atoms with E-state index in [4.69, 9.17) is 20.9 Å². The number of aromatic nitrogens is 7. The van der Waals surface area contributed by atoms with Crippen LogP contribution < -0.4 is 4.74 Å². The number of fused-ring (bicyclic) bond motifs is 5. The van der Waals surface area contributed by atoms with Crippen molar-refractivity contribution in [3.63, 3.8) is 0 Å². The smallest absolute Gasteiger partial charge is 0.278 e. The Morgan fingerprint density at radius 3 is 2.97 bits per heavy atom. The minimum Gasteiger partial charge on any atom is -0.497 e. The molecule has 4 heterocycles. The molecule has 0 atom stereocenters. The first kappa shape index (κ1) is 16.7. The number of benzene rings is 1. The van der Waals surface area contributed by atoms with Gasteiger partial charge in [-0.2, -0.15) is 4.98 Å². The number of alkyl halides is 1. The topological polar surface area (TPSA) is 96.7 Å². The normalized spacial score (nSPS) is 14.8. The van der Waals surface area contributed by atoms with Crippen molar-refractivity contribution in [2.45, 2.75) is 31.2 Å². The molecule has 0 amide bonds. The molecule has 0 saturated heterocycles. The Hall–Kier alpha value is -3.20. The molecule has 1 aliphatic carbocycles. The summed E-state index contributed by atoms with van der Waals surface area (Å²) in [6.07, 6.45) is 3.99. The third-order valence-corrected chi connectivity index (χ3v) is 5.65. The van der Waals surface area contributed by atoms with Crippen LogP contribution in [0.15, 0.2) is 29.0 Å². The lowest BCUT2D eigenvalue weighted by atomic mass is 10.1. The second-order valence-corrected chi connectivity index (χ2v) is 7.45. The van der Waals surface area contributed by atoms with Crippen LogP contribution in [0.2, 0.25) is 0 Å². The first-order valence-corrected chi connectivity index (χ1v) is 9.87. The summed E-state index contributed by atoms with van der Waals surface area (Å²) in [5, 5.41) is 12.8. The summed E-state index contributed by atoms with van der Waals surface area (Å²) in [4.78, 5) is 9.19. The summed E-state index contributed by atoms with van der Waals surface area (Å²) in [5.74, 6) is 4.00. The van der Waals surface area contributed by atoms with Gasteiger partial charge in [-0.3, -0.25) is 4.57 Å². The maximum absolute atomic E-state index is 6.14. The zero-order valence-electron chi connectivity index (χ0n) is 15.5. The van der Waals surface area contributed by atoms with Gasteiger partial charge in [0.05, 0.1) is 30.9 Å². The van der Waals surface area contributed by atoms with E-state index in [1.165, 1.54) is 0 Å². The summed E-state index contributed by atoms with van der Waals surface area (Å²) in [6, 6.07) is 5.84. The molecule has 1 aliphatic heterocycles. The van der Waals surface area contributed by atoms with Gasteiger partial charge in [0.2, 0.25) is 0 Å². The first-order valence-electron chi connectivity index (χ1n) is 9.34. The molecule has 1 saturated carbocycles. The number of ether oxygens (including phenoxy) is 1. The van der Waals surface area contributed by atoms with E-state index in [2.05, 4.69) is 25.3 Å². The molecule has 1 aromatic carbocycles. The number of hydrogen-bond acceptors (Lipinski definition) is 7. The molecule has 6 rings (SSSR count). The first-order chi connectivity index (χ1) is 14.3. The predicted octanol–water partition coefficient (Wildman–Crippen LogP) is 3.17. The van der Waals surface area contributed by atoms with Gasteiger partial charge in [0.1, 0.15) is 17.9 Å². The highest BCUT2D eigenvalue weighted by molar-refractivity contribution is 6.16. The fourth-order valence-electron chi connectivity index (χ4n) is 3.73. The van der Waals surface area contributed by atoms with E-state index in [0.29, 0.717) is 29.9 Å². The van der Waals surface area contributed by atoms with Crippen LogP contribution in [-0.4, -0.2) is 41.6 Å². The number of nitrogens with zero attached hydrogens (tertiary/aromatic N) is 7. The largest absolute Gasteiger partial charge is 0.497 e. The van der Waals surface area contributed by atoms with E-state index in [1.807, 2.05) is 27.3 Å². The molecule has 9 nitrogen and oxygen atoms in total. The Labute approximate surface area is 170 Å². The van der Waals surface area contributed by atoms with Gasteiger partial charge in [-0.1, -0.05) is 5.16 Å². The maximum atomic E-state index is 6.14. The van der Waals surface area contributed by atoms with Gasteiger partial charge in [0.15, 0.2) is 17.3 Å². The monoisotopic (exact) mass is 409 g/mol. The van der Waals surface area contributed by atoms with E-state index in [9.17, 15) is 0 Å². The van der Waals surface area contributed by atoms with Crippen molar-refractivity contribution in [3.8, 4) is 34.4 Å². The summed E-state index contributed by atoms with van der Waals surface area (Å²) < 4.78 is 15.0. The average molecular weight is 410 g/mol. The fourth-order valence-corrected chi connectivity index (χ4v) is 3.93. The maximum Gasteiger partial charge on any atom is 0.278 e. The standard InChI is InChI=1S/C19H16ClN7O2/c1-28-11-4-5-13-12(6-11)18-24-23-15(7-20)26(18)8-14-16(21-9-27(13)14)19-22-17(25-29-19)10-2-3-10/h4-6,9-10H,2-3,7-8H2,1H3. The number of halogens is 1. The number of imidazole rings is 1. The number of methoxy groups -OCH3 is 1. The van der Waals surface area contributed by atoms with Gasteiger partial charge in [-0.05, 0) is 31.0 Å². The van der Waals surface area contributed by atoms with Gasteiger partial charge in [-0.15, -0.1) is 21.8 Å². The molecule has 4 aromatic rings. The molecular weight excluding hydrogens is 394 g/mol. The van der Waals surface area contributed by atoms with E-state index in [0.717, 1.165) is 47.2 Å². The lowest BCUT2D eigenvalue weighted by Crippen LogP contribution is -2.07. The molecular formula is C19H16ClN7O2. The van der Waals surface area contributed by atoms with Crippen molar-refractivity contribution >= 4 is 11.6 Å². The number of rotatable bonds is 4. The summed E-state index contributed by atoms with van der Waals surface area (Å²) in [6.45, 7) is 0.484. The quantitative estimate of drug-likeness (QED) is 0.420. The fraction of sp³-hybridized carbons (Fsp3) is 0.316. The molecule has 0 radical (unpaired) electrons. The summed E-state index contributed by atoms with van der Waals surface area (Å²) in [5.41, 5.74) is 3.38. The molecule has 146 valence electrons. The Kier molecular flexibility index (Phi) is 3.55. The molecule has 3 aromatic heterocycles. The average Bonchev–Trinajstić information content (AvgIpc) is 3.19. The van der Waals surface area contributed by atoms with Crippen LogP contribution in [0.4, 0.5) is 0 Å². The van der Waals surface area contributed by atoms with Gasteiger partial charge in [0, 0.05) is 11.5 Å². The third kappa shape index (κ3) is 2.50. The zero-order chi connectivity index (χ0) is 19.5. The second kappa shape index (κ2) is 6.15. The van der Waals surface area contributed by atoms with Gasteiger partial charge in [-0.25, -0.2) is 4.98 Å². The highest BCUT2D eigenvalue weighted by Gasteiger charge is 2.31.